The third-order valence-electron chi connectivity index (χ3n) is 5.63. The summed E-state index contributed by atoms with van der Waals surface area (Å²) >= 11 is 5.66. The number of nitrogens with zero attached hydrogens (tertiary/aromatic N) is 5. The fourth-order valence-corrected chi connectivity index (χ4v) is 4.08. The van der Waals surface area contributed by atoms with Crippen molar-refractivity contribution in [1.82, 2.24) is 15.3 Å². The Balaban J connectivity index is 1.29. The summed E-state index contributed by atoms with van der Waals surface area (Å²) in [5, 5.41) is 4.62. The van der Waals surface area contributed by atoms with E-state index in [1.54, 1.807) is 0 Å². The molecule has 0 unspecified atom stereocenters. The van der Waals surface area contributed by atoms with Crippen molar-refractivity contribution in [2.24, 2.45) is 5.10 Å². The molecule has 0 aliphatic carbocycles. The van der Waals surface area contributed by atoms with Crippen LogP contribution < -0.4 is 15.2 Å². The number of benzene rings is 1. The van der Waals surface area contributed by atoms with E-state index in [4.69, 9.17) is 12.2 Å². The zero-order valence-electron chi connectivity index (χ0n) is 17.1. The Labute approximate surface area is 178 Å². The molecule has 1 fully saturated rings. The Morgan fingerprint density at radius 3 is 2.62 bits per heavy atom. The molecule has 152 valence electrons. The second-order valence-electron chi connectivity index (χ2n) is 7.64. The van der Waals surface area contributed by atoms with Gasteiger partial charge in [-0.15, -0.1) is 0 Å². The predicted octanol–water partition coefficient (Wildman–Crippen LogP) is 2.67. The van der Waals surface area contributed by atoms with Crippen molar-refractivity contribution in [3.05, 3.63) is 53.9 Å². The molecule has 2 aromatic rings. The SMILES string of the molecule is Cc1ccc(N2CCN(C(=S)CN/N=C3/CCN(C)c4cccnc43)CC2)cc1. The minimum absolute atomic E-state index is 0.585. The normalized spacial score (nSPS) is 18.0. The van der Waals surface area contributed by atoms with Gasteiger partial charge in [0.05, 0.1) is 22.9 Å². The Bertz CT molecular complexity index is 886. The molecular weight excluding hydrogens is 380 g/mol. The topological polar surface area (TPSA) is 47.0 Å². The molecule has 1 aromatic heterocycles. The minimum Gasteiger partial charge on any atom is -0.372 e. The molecule has 3 heterocycles. The van der Waals surface area contributed by atoms with Gasteiger partial charge in [-0.05, 0) is 31.2 Å². The number of thiocarbonyl (C=S) groups is 1. The second-order valence-corrected chi connectivity index (χ2v) is 8.11. The molecular formula is C22H28N6S. The lowest BCUT2D eigenvalue weighted by molar-refractivity contribution is 0.385. The number of anilines is 2. The maximum Gasteiger partial charge on any atom is 0.110 e. The molecule has 7 heteroatoms. The van der Waals surface area contributed by atoms with Crippen LogP contribution in [0.1, 0.15) is 17.7 Å². The van der Waals surface area contributed by atoms with E-state index in [-0.39, 0.29) is 0 Å². The molecule has 0 atom stereocenters. The van der Waals surface area contributed by atoms with E-state index in [2.05, 4.69) is 74.5 Å². The van der Waals surface area contributed by atoms with Gasteiger partial charge < -0.3 is 20.1 Å². The van der Waals surface area contributed by atoms with Crippen LogP contribution in [-0.4, -0.2) is 66.9 Å². The van der Waals surface area contributed by atoms with Crippen molar-refractivity contribution in [2.75, 3.05) is 56.1 Å². The average Bonchev–Trinajstić information content (AvgIpc) is 2.76. The van der Waals surface area contributed by atoms with Crippen LogP contribution in [0.25, 0.3) is 0 Å². The highest BCUT2D eigenvalue weighted by Gasteiger charge is 2.21. The van der Waals surface area contributed by atoms with E-state index in [1.165, 1.54) is 11.3 Å². The first-order valence-corrected chi connectivity index (χ1v) is 10.6. The van der Waals surface area contributed by atoms with Gasteiger partial charge in [-0.3, -0.25) is 4.98 Å². The Morgan fingerprint density at radius 1 is 1.10 bits per heavy atom. The number of hydrogen-bond donors (Lipinski definition) is 1. The lowest BCUT2D eigenvalue weighted by atomic mass is 10.1. The number of aromatic nitrogens is 1. The molecule has 2 aliphatic heterocycles. The first-order valence-electron chi connectivity index (χ1n) is 10.2. The van der Waals surface area contributed by atoms with Gasteiger partial charge in [-0.2, -0.15) is 5.10 Å². The van der Waals surface area contributed by atoms with Crippen LogP contribution in [-0.2, 0) is 0 Å². The van der Waals surface area contributed by atoms with Crippen molar-refractivity contribution in [3.63, 3.8) is 0 Å². The fourth-order valence-electron chi connectivity index (χ4n) is 3.83. The summed E-state index contributed by atoms with van der Waals surface area (Å²) in [5.74, 6) is 0. The second kappa shape index (κ2) is 8.78. The zero-order chi connectivity index (χ0) is 20.2. The first kappa shape index (κ1) is 19.6. The number of rotatable bonds is 4. The summed E-state index contributed by atoms with van der Waals surface area (Å²) < 4.78 is 0. The lowest BCUT2D eigenvalue weighted by Gasteiger charge is -2.37. The van der Waals surface area contributed by atoms with Gasteiger partial charge in [0.25, 0.3) is 0 Å². The molecule has 6 nitrogen and oxygen atoms in total. The predicted molar refractivity (Wildman–Crippen MR) is 124 cm³/mol. The Morgan fingerprint density at radius 2 is 1.86 bits per heavy atom. The zero-order valence-corrected chi connectivity index (χ0v) is 18.0. The van der Waals surface area contributed by atoms with E-state index in [0.717, 1.165) is 61.2 Å². The summed E-state index contributed by atoms with van der Waals surface area (Å²) in [6.07, 6.45) is 2.71. The van der Waals surface area contributed by atoms with Crippen LogP contribution in [0.4, 0.5) is 11.4 Å². The number of fused-ring (bicyclic) bond motifs is 1. The third kappa shape index (κ3) is 4.50. The van der Waals surface area contributed by atoms with E-state index in [0.29, 0.717) is 6.54 Å². The van der Waals surface area contributed by atoms with Crippen molar-refractivity contribution in [3.8, 4) is 0 Å². The van der Waals surface area contributed by atoms with Crippen molar-refractivity contribution in [1.29, 1.82) is 0 Å². The van der Waals surface area contributed by atoms with Crippen LogP contribution in [0.3, 0.4) is 0 Å². The van der Waals surface area contributed by atoms with Crippen LogP contribution in [0.15, 0.2) is 47.7 Å². The standard InChI is InChI=1S/C22H28N6S/c1-17-5-7-18(8-6-17)27-12-14-28(15-13-27)21(29)16-24-25-19-9-11-26(2)20-4-3-10-23-22(19)20/h3-8,10,24H,9,11-16H2,1-2H3/b25-19-. The van der Waals surface area contributed by atoms with E-state index < -0.39 is 0 Å². The molecule has 0 spiro atoms. The summed E-state index contributed by atoms with van der Waals surface area (Å²) in [7, 11) is 2.09. The number of pyridine rings is 1. The minimum atomic E-state index is 0.585. The molecule has 1 N–H and O–H groups in total. The molecule has 0 saturated carbocycles. The fraction of sp³-hybridized carbons (Fsp3) is 0.409. The molecule has 4 rings (SSSR count). The summed E-state index contributed by atoms with van der Waals surface area (Å²) in [5.41, 5.74) is 8.88. The molecule has 1 aromatic carbocycles. The van der Waals surface area contributed by atoms with Crippen LogP contribution in [0.5, 0.6) is 0 Å². The van der Waals surface area contributed by atoms with Gasteiger partial charge in [0.15, 0.2) is 0 Å². The van der Waals surface area contributed by atoms with Gasteiger partial charge in [0.1, 0.15) is 5.69 Å². The molecule has 1 saturated heterocycles. The van der Waals surface area contributed by atoms with Crippen LogP contribution >= 0.6 is 12.2 Å². The summed E-state index contributed by atoms with van der Waals surface area (Å²) in [4.78, 5) is 12.4. The molecule has 0 amide bonds. The van der Waals surface area contributed by atoms with Gasteiger partial charge in [0, 0.05) is 58.1 Å². The van der Waals surface area contributed by atoms with Crippen LogP contribution in [0, 0.1) is 6.92 Å². The molecule has 0 bridgehead atoms. The Kier molecular flexibility index (Phi) is 5.94. The quantitative estimate of drug-likeness (QED) is 0.620. The maximum atomic E-state index is 5.66. The van der Waals surface area contributed by atoms with E-state index >= 15 is 0 Å². The molecule has 0 radical (unpaired) electrons. The Hall–Kier alpha value is -2.67. The highest BCUT2D eigenvalue weighted by atomic mass is 32.1. The highest BCUT2D eigenvalue weighted by Crippen LogP contribution is 2.23. The number of hydrazone groups is 1. The maximum absolute atomic E-state index is 5.66. The van der Waals surface area contributed by atoms with E-state index in [9.17, 15) is 0 Å². The molecule has 2 aliphatic rings. The third-order valence-corrected chi connectivity index (χ3v) is 6.03. The lowest BCUT2D eigenvalue weighted by Crippen LogP contribution is -2.50. The molecule has 29 heavy (non-hydrogen) atoms. The van der Waals surface area contributed by atoms with Crippen molar-refractivity contribution in [2.45, 2.75) is 13.3 Å². The average molecular weight is 409 g/mol. The smallest absolute Gasteiger partial charge is 0.110 e. The monoisotopic (exact) mass is 408 g/mol. The number of piperazine rings is 1. The van der Waals surface area contributed by atoms with Gasteiger partial charge in [-0.25, -0.2) is 0 Å². The van der Waals surface area contributed by atoms with Gasteiger partial charge in [-0.1, -0.05) is 29.9 Å². The van der Waals surface area contributed by atoms with Crippen LogP contribution in [0.2, 0.25) is 0 Å². The number of aryl methyl sites for hydroxylation is 1. The summed E-state index contributed by atoms with van der Waals surface area (Å²) in [6.45, 7) is 7.52. The summed E-state index contributed by atoms with van der Waals surface area (Å²) in [6, 6.07) is 12.8. The first-order chi connectivity index (χ1) is 14.1. The van der Waals surface area contributed by atoms with Crippen molar-refractivity contribution < 1.29 is 0 Å². The number of hydrogen-bond acceptors (Lipinski definition) is 6. The van der Waals surface area contributed by atoms with Gasteiger partial charge >= 0.3 is 0 Å². The number of nitrogens with one attached hydrogen (secondary N) is 1. The largest absolute Gasteiger partial charge is 0.372 e. The van der Waals surface area contributed by atoms with Gasteiger partial charge in [0.2, 0.25) is 0 Å². The highest BCUT2D eigenvalue weighted by molar-refractivity contribution is 7.80. The van der Waals surface area contributed by atoms with E-state index in [1.807, 2.05) is 12.3 Å². The van der Waals surface area contributed by atoms with Crippen molar-refractivity contribution >= 4 is 34.3 Å².